The number of benzene rings is 1. The Morgan fingerprint density at radius 1 is 1.53 bits per heavy atom. The zero-order valence-corrected chi connectivity index (χ0v) is 11.3. The van der Waals surface area contributed by atoms with Gasteiger partial charge in [0.25, 0.3) is 0 Å². The Morgan fingerprint density at radius 3 is 3.00 bits per heavy atom. The third-order valence-electron chi connectivity index (χ3n) is 3.49. The Hall–Kier alpha value is -2.06. The summed E-state index contributed by atoms with van der Waals surface area (Å²) in [5.74, 6) is 0. The topological polar surface area (TPSA) is 59.4 Å². The van der Waals surface area contributed by atoms with Crippen LogP contribution in [0.5, 0.6) is 0 Å². The Bertz CT molecular complexity index is 508. The van der Waals surface area contributed by atoms with Gasteiger partial charge in [-0.15, -0.1) is 0 Å². The number of anilines is 1. The van der Waals surface area contributed by atoms with Crippen LogP contribution in [-0.2, 0) is 0 Å². The fourth-order valence-corrected chi connectivity index (χ4v) is 2.31. The molecule has 0 aliphatic carbocycles. The van der Waals surface area contributed by atoms with Crippen molar-refractivity contribution in [2.45, 2.75) is 12.5 Å². The van der Waals surface area contributed by atoms with Crippen LogP contribution in [0.25, 0.3) is 0 Å². The summed E-state index contributed by atoms with van der Waals surface area (Å²) < 4.78 is 0. The fourth-order valence-electron chi connectivity index (χ4n) is 2.31. The van der Waals surface area contributed by atoms with Crippen molar-refractivity contribution in [3.63, 3.8) is 0 Å². The standard InChI is InChI=1S/C14H18N4O/c1-16-7-6-13-10-18(14(19)17(13)2)12-5-3-4-11(8-12)9-15/h3-5,8,13,16H,6-7,10H2,1-2H3. The summed E-state index contributed by atoms with van der Waals surface area (Å²) in [7, 11) is 3.74. The lowest BCUT2D eigenvalue weighted by molar-refractivity contribution is 0.217. The van der Waals surface area contributed by atoms with Gasteiger partial charge in [0.05, 0.1) is 17.7 Å². The van der Waals surface area contributed by atoms with E-state index in [0.717, 1.165) is 18.7 Å². The van der Waals surface area contributed by atoms with Gasteiger partial charge < -0.3 is 10.2 Å². The molecule has 0 aromatic heterocycles. The maximum absolute atomic E-state index is 12.2. The van der Waals surface area contributed by atoms with E-state index in [1.807, 2.05) is 26.2 Å². The molecule has 1 aliphatic heterocycles. The highest BCUT2D eigenvalue weighted by molar-refractivity contribution is 5.94. The van der Waals surface area contributed by atoms with Crippen molar-refractivity contribution in [3.05, 3.63) is 29.8 Å². The van der Waals surface area contributed by atoms with E-state index in [4.69, 9.17) is 5.26 Å². The molecule has 2 amide bonds. The number of nitrogens with one attached hydrogen (secondary N) is 1. The van der Waals surface area contributed by atoms with Gasteiger partial charge in [-0.1, -0.05) is 6.07 Å². The number of hydrogen-bond acceptors (Lipinski definition) is 3. The molecule has 19 heavy (non-hydrogen) atoms. The first-order chi connectivity index (χ1) is 9.17. The molecule has 1 aliphatic rings. The second-order valence-corrected chi connectivity index (χ2v) is 4.71. The normalized spacial score (nSPS) is 18.8. The Labute approximate surface area is 113 Å². The summed E-state index contributed by atoms with van der Waals surface area (Å²) in [6.45, 7) is 1.56. The molecule has 1 aromatic rings. The highest BCUT2D eigenvalue weighted by atomic mass is 16.2. The molecule has 1 saturated heterocycles. The minimum atomic E-state index is -0.00353. The van der Waals surface area contributed by atoms with Crippen molar-refractivity contribution >= 4 is 11.7 Å². The largest absolute Gasteiger partial charge is 0.324 e. The van der Waals surface area contributed by atoms with Gasteiger partial charge >= 0.3 is 6.03 Å². The number of likely N-dealkylation sites (N-methyl/N-ethyl adjacent to an activating group) is 1. The Balaban J connectivity index is 2.17. The molecule has 1 fully saturated rings. The first-order valence-corrected chi connectivity index (χ1v) is 6.36. The molecule has 0 spiro atoms. The van der Waals surface area contributed by atoms with E-state index in [9.17, 15) is 4.79 Å². The predicted molar refractivity (Wildman–Crippen MR) is 74.0 cm³/mol. The van der Waals surface area contributed by atoms with Crippen LogP contribution < -0.4 is 10.2 Å². The predicted octanol–water partition coefficient (Wildman–Crippen LogP) is 1.41. The molecule has 0 saturated carbocycles. The van der Waals surface area contributed by atoms with Crippen LogP contribution in [0.1, 0.15) is 12.0 Å². The van der Waals surface area contributed by atoms with Crippen LogP contribution in [0.15, 0.2) is 24.3 Å². The maximum atomic E-state index is 12.2. The van der Waals surface area contributed by atoms with Gasteiger partial charge in [-0.2, -0.15) is 5.26 Å². The number of rotatable bonds is 4. The van der Waals surface area contributed by atoms with E-state index in [1.54, 1.807) is 21.9 Å². The summed E-state index contributed by atoms with van der Waals surface area (Å²) in [5, 5.41) is 12.0. The average molecular weight is 258 g/mol. The summed E-state index contributed by atoms with van der Waals surface area (Å²) >= 11 is 0. The maximum Gasteiger partial charge on any atom is 0.324 e. The molecular weight excluding hydrogens is 240 g/mol. The van der Waals surface area contributed by atoms with Crippen LogP contribution in [0.3, 0.4) is 0 Å². The monoisotopic (exact) mass is 258 g/mol. The SMILES string of the molecule is CNCCC1CN(c2cccc(C#N)c2)C(=O)N1C. The molecule has 100 valence electrons. The lowest BCUT2D eigenvalue weighted by Gasteiger charge is -2.17. The zero-order chi connectivity index (χ0) is 13.8. The van der Waals surface area contributed by atoms with Gasteiger partial charge in [-0.3, -0.25) is 4.90 Å². The molecular formula is C14H18N4O. The lowest BCUT2D eigenvalue weighted by Crippen LogP contribution is -2.32. The van der Waals surface area contributed by atoms with E-state index in [2.05, 4.69) is 11.4 Å². The molecule has 2 rings (SSSR count). The number of carbonyl (C=O) groups excluding carboxylic acids is 1. The van der Waals surface area contributed by atoms with Gasteiger partial charge in [-0.05, 0) is 38.2 Å². The molecule has 0 radical (unpaired) electrons. The molecule has 1 unspecified atom stereocenters. The molecule has 0 bridgehead atoms. The average Bonchev–Trinajstić information content (AvgIpc) is 2.73. The summed E-state index contributed by atoms with van der Waals surface area (Å²) in [4.78, 5) is 15.7. The van der Waals surface area contributed by atoms with Crippen LogP contribution in [0, 0.1) is 11.3 Å². The van der Waals surface area contributed by atoms with Crippen LogP contribution in [0.4, 0.5) is 10.5 Å². The van der Waals surface area contributed by atoms with Crippen molar-refractivity contribution in [1.82, 2.24) is 10.2 Å². The van der Waals surface area contributed by atoms with E-state index >= 15 is 0 Å². The fraction of sp³-hybridized carbons (Fsp3) is 0.429. The Morgan fingerprint density at radius 2 is 2.32 bits per heavy atom. The summed E-state index contributed by atoms with van der Waals surface area (Å²) in [6.07, 6.45) is 0.924. The van der Waals surface area contributed by atoms with Crippen molar-refractivity contribution in [1.29, 1.82) is 5.26 Å². The molecule has 5 nitrogen and oxygen atoms in total. The lowest BCUT2D eigenvalue weighted by atomic mass is 10.2. The number of urea groups is 1. The van der Waals surface area contributed by atoms with Gasteiger partial charge in [0.15, 0.2) is 0 Å². The van der Waals surface area contributed by atoms with E-state index in [-0.39, 0.29) is 12.1 Å². The molecule has 1 N–H and O–H groups in total. The van der Waals surface area contributed by atoms with Crippen molar-refractivity contribution in [3.8, 4) is 6.07 Å². The van der Waals surface area contributed by atoms with Crippen molar-refractivity contribution in [2.75, 3.05) is 32.1 Å². The minimum absolute atomic E-state index is 0.00353. The van der Waals surface area contributed by atoms with Gasteiger partial charge in [0, 0.05) is 19.3 Å². The highest BCUT2D eigenvalue weighted by Crippen LogP contribution is 2.24. The number of nitrogens with zero attached hydrogens (tertiary/aromatic N) is 3. The van der Waals surface area contributed by atoms with Gasteiger partial charge in [0.1, 0.15) is 0 Å². The second kappa shape index (κ2) is 5.72. The number of nitriles is 1. The van der Waals surface area contributed by atoms with E-state index in [1.165, 1.54) is 0 Å². The first-order valence-electron chi connectivity index (χ1n) is 6.36. The third kappa shape index (κ3) is 2.69. The van der Waals surface area contributed by atoms with Crippen LogP contribution in [-0.4, -0.2) is 44.2 Å². The molecule has 5 heteroatoms. The Kier molecular flexibility index (Phi) is 4.03. The molecule has 1 heterocycles. The number of carbonyl (C=O) groups is 1. The second-order valence-electron chi connectivity index (χ2n) is 4.71. The third-order valence-corrected chi connectivity index (χ3v) is 3.49. The minimum Gasteiger partial charge on any atom is -0.323 e. The van der Waals surface area contributed by atoms with Crippen molar-refractivity contribution in [2.24, 2.45) is 0 Å². The van der Waals surface area contributed by atoms with Crippen molar-refractivity contribution < 1.29 is 4.79 Å². The van der Waals surface area contributed by atoms with Gasteiger partial charge in [-0.25, -0.2) is 4.79 Å². The van der Waals surface area contributed by atoms with Gasteiger partial charge in [0.2, 0.25) is 0 Å². The smallest absolute Gasteiger partial charge is 0.323 e. The van der Waals surface area contributed by atoms with E-state index in [0.29, 0.717) is 12.1 Å². The van der Waals surface area contributed by atoms with E-state index < -0.39 is 0 Å². The van der Waals surface area contributed by atoms with Crippen LogP contribution in [0.2, 0.25) is 0 Å². The number of amides is 2. The molecule has 1 aromatic carbocycles. The first kappa shape index (κ1) is 13.4. The van der Waals surface area contributed by atoms with Crippen LogP contribution >= 0.6 is 0 Å². The molecule has 1 atom stereocenters. The summed E-state index contributed by atoms with van der Waals surface area (Å²) in [6, 6.07) is 9.49. The number of hydrogen-bond donors (Lipinski definition) is 1. The quantitative estimate of drug-likeness (QED) is 0.888. The zero-order valence-electron chi connectivity index (χ0n) is 11.3. The highest BCUT2D eigenvalue weighted by Gasteiger charge is 2.34. The summed E-state index contributed by atoms with van der Waals surface area (Å²) in [5.41, 5.74) is 1.37.